The lowest BCUT2D eigenvalue weighted by Crippen LogP contribution is -2.18. The highest BCUT2D eigenvalue weighted by atomic mass is 35.5. The predicted molar refractivity (Wildman–Crippen MR) is 85.4 cm³/mol. The normalized spacial score (nSPS) is 10.5. The van der Waals surface area contributed by atoms with E-state index < -0.39 is 5.91 Å². The molecule has 0 radical (unpaired) electrons. The van der Waals surface area contributed by atoms with Gasteiger partial charge in [0, 0.05) is 21.7 Å². The molecule has 2 aromatic carbocycles. The molecule has 0 saturated carbocycles. The number of hydrogen-bond acceptors (Lipinski definition) is 4. The van der Waals surface area contributed by atoms with Crippen LogP contribution < -0.4 is 5.48 Å². The molecule has 1 amide bonds. The first-order valence-electron chi connectivity index (χ1n) is 6.68. The molecule has 0 fully saturated rings. The van der Waals surface area contributed by atoms with E-state index in [1.807, 2.05) is 0 Å². The van der Waals surface area contributed by atoms with E-state index in [9.17, 15) is 9.90 Å². The third kappa shape index (κ3) is 2.90. The van der Waals surface area contributed by atoms with Gasteiger partial charge < -0.3 is 5.11 Å². The topological polar surface area (TPSA) is 98.2 Å². The van der Waals surface area contributed by atoms with Crippen molar-refractivity contribution in [2.45, 2.75) is 0 Å². The molecular formula is C16H12ClN3O3. The molecule has 0 bridgehead atoms. The number of amides is 1. The summed E-state index contributed by atoms with van der Waals surface area (Å²) >= 11 is 5.85. The van der Waals surface area contributed by atoms with Crippen LogP contribution >= 0.6 is 11.6 Å². The van der Waals surface area contributed by atoms with Crippen molar-refractivity contribution in [1.29, 1.82) is 0 Å². The SMILES string of the molecule is O=C(NO)c1ccc(-c2n[nH]c(-c3ccc(Cl)cc3)c2O)cc1. The van der Waals surface area contributed by atoms with Crippen molar-refractivity contribution in [2.24, 2.45) is 0 Å². The minimum Gasteiger partial charge on any atom is -0.504 e. The number of carbonyl (C=O) groups is 1. The second-order valence-electron chi connectivity index (χ2n) is 4.82. The number of carbonyl (C=O) groups excluding carboxylic acids is 1. The number of aromatic hydroxyl groups is 1. The van der Waals surface area contributed by atoms with Crippen LogP contribution in [0.4, 0.5) is 0 Å². The molecule has 0 aliphatic rings. The molecule has 0 unspecified atom stereocenters. The highest BCUT2D eigenvalue weighted by Crippen LogP contribution is 2.36. The number of halogens is 1. The molecule has 6 nitrogen and oxygen atoms in total. The van der Waals surface area contributed by atoms with E-state index in [4.69, 9.17) is 16.8 Å². The average molecular weight is 330 g/mol. The molecule has 1 aromatic heterocycles. The molecule has 0 aliphatic carbocycles. The smallest absolute Gasteiger partial charge is 0.274 e. The standard InChI is InChI=1S/C16H12ClN3O3/c17-12-7-5-10(6-8-12)14-15(21)13(18-19-14)9-1-3-11(4-2-9)16(22)20-23/h1-8,21,23H,(H,18,19)(H,20,22). The van der Waals surface area contributed by atoms with Gasteiger partial charge in [-0.3, -0.25) is 15.1 Å². The third-order valence-corrected chi connectivity index (χ3v) is 3.65. The van der Waals surface area contributed by atoms with Crippen LogP contribution in [0.25, 0.3) is 22.5 Å². The number of nitrogens with one attached hydrogen (secondary N) is 2. The Bertz CT molecular complexity index is 842. The van der Waals surface area contributed by atoms with Crippen LogP contribution in [0.1, 0.15) is 10.4 Å². The fraction of sp³-hybridized carbons (Fsp3) is 0. The molecule has 1 heterocycles. The van der Waals surface area contributed by atoms with E-state index in [1.54, 1.807) is 41.9 Å². The van der Waals surface area contributed by atoms with Crippen LogP contribution in [0.15, 0.2) is 48.5 Å². The third-order valence-electron chi connectivity index (χ3n) is 3.40. The van der Waals surface area contributed by atoms with Gasteiger partial charge in [0.1, 0.15) is 11.4 Å². The Morgan fingerprint density at radius 3 is 2.26 bits per heavy atom. The second kappa shape index (κ2) is 6.12. The Labute approximate surface area is 136 Å². The molecule has 7 heteroatoms. The van der Waals surface area contributed by atoms with Crippen LogP contribution in [0.3, 0.4) is 0 Å². The minimum absolute atomic E-state index is 0.00619. The number of nitrogens with zero attached hydrogens (tertiary/aromatic N) is 1. The van der Waals surface area contributed by atoms with E-state index in [-0.39, 0.29) is 5.75 Å². The van der Waals surface area contributed by atoms with Crippen LogP contribution in [-0.4, -0.2) is 26.4 Å². The van der Waals surface area contributed by atoms with E-state index in [0.29, 0.717) is 27.5 Å². The van der Waals surface area contributed by atoms with E-state index in [1.165, 1.54) is 12.1 Å². The summed E-state index contributed by atoms with van der Waals surface area (Å²) in [5.74, 6) is -0.601. The van der Waals surface area contributed by atoms with Gasteiger partial charge in [-0.1, -0.05) is 35.9 Å². The van der Waals surface area contributed by atoms with Crippen molar-refractivity contribution in [1.82, 2.24) is 15.7 Å². The molecule has 0 atom stereocenters. The molecule has 0 aliphatic heterocycles. The molecular weight excluding hydrogens is 318 g/mol. The fourth-order valence-electron chi connectivity index (χ4n) is 2.20. The van der Waals surface area contributed by atoms with Gasteiger partial charge in [-0.15, -0.1) is 0 Å². The number of benzene rings is 2. The molecule has 23 heavy (non-hydrogen) atoms. The summed E-state index contributed by atoms with van der Waals surface area (Å²) < 4.78 is 0. The molecule has 0 spiro atoms. The van der Waals surface area contributed by atoms with Gasteiger partial charge in [-0.05, 0) is 24.3 Å². The summed E-state index contributed by atoms with van der Waals surface area (Å²) in [5, 5.41) is 26.5. The molecule has 116 valence electrons. The Morgan fingerprint density at radius 1 is 1.04 bits per heavy atom. The van der Waals surface area contributed by atoms with Gasteiger partial charge in [-0.25, -0.2) is 5.48 Å². The number of aromatic nitrogens is 2. The number of hydrogen-bond donors (Lipinski definition) is 4. The summed E-state index contributed by atoms with van der Waals surface area (Å²) in [6.45, 7) is 0. The Hall–Kier alpha value is -2.83. The largest absolute Gasteiger partial charge is 0.504 e. The zero-order chi connectivity index (χ0) is 16.4. The van der Waals surface area contributed by atoms with Crippen molar-refractivity contribution in [3.8, 4) is 28.3 Å². The maximum absolute atomic E-state index is 11.3. The van der Waals surface area contributed by atoms with E-state index >= 15 is 0 Å². The maximum atomic E-state index is 11.3. The van der Waals surface area contributed by atoms with Crippen molar-refractivity contribution >= 4 is 17.5 Å². The quantitative estimate of drug-likeness (QED) is 0.438. The molecule has 4 N–H and O–H groups in total. The zero-order valence-electron chi connectivity index (χ0n) is 11.7. The predicted octanol–water partition coefficient (Wildman–Crippen LogP) is 3.22. The lowest BCUT2D eigenvalue weighted by molar-refractivity contribution is 0.0706. The number of H-pyrrole nitrogens is 1. The van der Waals surface area contributed by atoms with Gasteiger partial charge in [-0.2, -0.15) is 5.10 Å². The summed E-state index contributed by atoms with van der Waals surface area (Å²) in [4.78, 5) is 11.3. The second-order valence-corrected chi connectivity index (χ2v) is 5.26. The highest BCUT2D eigenvalue weighted by Gasteiger charge is 2.15. The first-order valence-corrected chi connectivity index (χ1v) is 7.06. The van der Waals surface area contributed by atoms with Gasteiger partial charge >= 0.3 is 0 Å². The molecule has 3 aromatic rings. The first-order chi connectivity index (χ1) is 11.1. The monoisotopic (exact) mass is 329 g/mol. The molecule has 3 rings (SSSR count). The maximum Gasteiger partial charge on any atom is 0.274 e. The minimum atomic E-state index is -0.607. The number of rotatable bonds is 3. The van der Waals surface area contributed by atoms with Crippen LogP contribution in [0.2, 0.25) is 5.02 Å². The summed E-state index contributed by atoms with van der Waals surface area (Å²) in [7, 11) is 0. The Kier molecular flexibility index (Phi) is 4.01. The van der Waals surface area contributed by atoms with Gasteiger partial charge in [0.2, 0.25) is 0 Å². The van der Waals surface area contributed by atoms with Crippen molar-refractivity contribution in [2.75, 3.05) is 0 Å². The van der Waals surface area contributed by atoms with Crippen molar-refractivity contribution in [3.63, 3.8) is 0 Å². The van der Waals surface area contributed by atoms with Crippen molar-refractivity contribution < 1.29 is 15.1 Å². The van der Waals surface area contributed by atoms with Crippen LogP contribution in [0, 0.1) is 0 Å². The van der Waals surface area contributed by atoms with E-state index in [2.05, 4.69) is 10.2 Å². The van der Waals surface area contributed by atoms with Gasteiger partial charge in [0.05, 0.1) is 0 Å². The lowest BCUT2D eigenvalue weighted by atomic mass is 10.1. The molecule has 0 saturated heterocycles. The summed E-state index contributed by atoms with van der Waals surface area (Å²) in [6.07, 6.45) is 0. The number of hydroxylamine groups is 1. The van der Waals surface area contributed by atoms with E-state index in [0.717, 1.165) is 5.56 Å². The summed E-state index contributed by atoms with van der Waals surface area (Å²) in [5.41, 5.74) is 4.09. The van der Waals surface area contributed by atoms with Gasteiger partial charge in [0.25, 0.3) is 5.91 Å². The Balaban J connectivity index is 1.95. The summed E-state index contributed by atoms with van der Waals surface area (Å²) in [6, 6.07) is 13.3. The first kappa shape index (κ1) is 15.1. The van der Waals surface area contributed by atoms with Crippen molar-refractivity contribution in [3.05, 3.63) is 59.1 Å². The van der Waals surface area contributed by atoms with Gasteiger partial charge in [0.15, 0.2) is 5.75 Å². The lowest BCUT2D eigenvalue weighted by Gasteiger charge is -2.02. The van der Waals surface area contributed by atoms with Crippen LogP contribution in [-0.2, 0) is 0 Å². The number of aromatic amines is 1. The fourth-order valence-corrected chi connectivity index (χ4v) is 2.33. The Morgan fingerprint density at radius 2 is 1.65 bits per heavy atom. The average Bonchev–Trinajstić information content (AvgIpc) is 2.96. The highest BCUT2D eigenvalue weighted by molar-refractivity contribution is 6.30. The zero-order valence-corrected chi connectivity index (χ0v) is 12.5. The van der Waals surface area contributed by atoms with Crippen LogP contribution in [0.5, 0.6) is 5.75 Å².